The Kier molecular flexibility index (Phi) is 5.79. The third kappa shape index (κ3) is 3.43. The van der Waals surface area contributed by atoms with Crippen molar-refractivity contribution in [1.82, 2.24) is 0 Å². The lowest BCUT2D eigenvalue weighted by Crippen LogP contribution is -2.82. The summed E-state index contributed by atoms with van der Waals surface area (Å²) in [6.07, 6.45) is 2.47. The lowest BCUT2D eigenvalue weighted by atomic mass is 9.47. The first kappa shape index (κ1) is 27.8. The fourth-order valence-electron chi connectivity index (χ4n) is 9.78. The van der Waals surface area contributed by atoms with E-state index in [0.29, 0.717) is 26.1 Å². The zero-order valence-electron chi connectivity index (χ0n) is 26.1. The van der Waals surface area contributed by atoms with Gasteiger partial charge in [-0.1, -0.05) is 87.5 Å². The van der Waals surface area contributed by atoms with Gasteiger partial charge >= 0.3 is 8.32 Å². The maximum absolute atomic E-state index is 13.0. The smallest absolute Gasteiger partial charge is 0.320 e. The molecule has 5 aliphatic rings. The van der Waals surface area contributed by atoms with E-state index in [9.17, 15) is 5.11 Å². The number of piperidine rings is 1. The van der Waals surface area contributed by atoms with Crippen molar-refractivity contribution in [2.24, 2.45) is 0 Å². The highest BCUT2D eigenvalue weighted by atomic mass is 28.4. The number of benzene rings is 3. The number of hydrogen-bond donors (Lipinski definition) is 1. The van der Waals surface area contributed by atoms with Gasteiger partial charge in [0, 0.05) is 24.8 Å². The van der Waals surface area contributed by atoms with E-state index in [-0.39, 0.29) is 11.1 Å². The van der Waals surface area contributed by atoms with Crippen LogP contribution in [-0.4, -0.2) is 75.3 Å². The number of ether oxygens (including phenoxy) is 3. The van der Waals surface area contributed by atoms with Crippen molar-refractivity contribution in [1.29, 1.82) is 0 Å². The highest BCUT2D eigenvalue weighted by molar-refractivity contribution is 7.00. The summed E-state index contributed by atoms with van der Waals surface area (Å²) in [6, 6.07) is 26.0. The first-order chi connectivity index (χ1) is 20.5. The quantitative estimate of drug-likeness (QED) is 0.359. The van der Waals surface area contributed by atoms with Crippen molar-refractivity contribution in [3.8, 4) is 11.5 Å². The lowest BCUT2D eigenvalue weighted by molar-refractivity contribution is -0.932. The maximum atomic E-state index is 13.0. The number of nitrogens with zero attached hydrogens (tertiary/aromatic N) is 1. The van der Waals surface area contributed by atoms with E-state index in [1.54, 1.807) is 0 Å². The minimum Gasteiger partial charge on any atom is -0.531 e. The van der Waals surface area contributed by atoms with Crippen molar-refractivity contribution in [2.45, 2.75) is 80.4 Å². The summed E-state index contributed by atoms with van der Waals surface area (Å²) in [6.45, 7) is 8.96. The molecule has 3 aliphatic heterocycles. The topological polar surface area (TPSA) is 57.2 Å². The van der Waals surface area contributed by atoms with Crippen LogP contribution < -0.4 is 19.5 Å². The number of aliphatic hydroxyl groups is 1. The predicted octanol–water partition coefficient (Wildman–Crippen LogP) is 4.30. The molecule has 1 saturated carbocycles. The summed E-state index contributed by atoms with van der Waals surface area (Å²) in [5.74, 6) is 0.707. The molecule has 43 heavy (non-hydrogen) atoms. The van der Waals surface area contributed by atoms with E-state index in [1.807, 2.05) is 0 Å². The number of likely N-dealkylation sites (N-methyl/N-ethyl adjacent to an activating group) is 1. The fraction of sp³-hybridized carbons (Fsp3) is 0.500. The Morgan fingerprint density at radius 3 is 2.09 bits per heavy atom. The van der Waals surface area contributed by atoms with Gasteiger partial charge in [-0.25, -0.2) is 0 Å². The number of hydrogen-bond acceptors (Lipinski definition) is 5. The van der Waals surface area contributed by atoms with Crippen LogP contribution in [0.5, 0.6) is 11.5 Å². The Labute approximate surface area is 256 Å². The number of rotatable bonds is 4. The van der Waals surface area contributed by atoms with Crippen molar-refractivity contribution in [3.05, 3.63) is 83.9 Å². The van der Waals surface area contributed by atoms with Crippen LogP contribution in [0.1, 0.15) is 51.2 Å². The average molecular weight is 599 g/mol. The van der Waals surface area contributed by atoms with Crippen LogP contribution in [-0.2, 0) is 21.3 Å². The van der Waals surface area contributed by atoms with E-state index < -0.39 is 31.2 Å². The molecule has 3 unspecified atom stereocenters. The molecule has 2 spiro atoms. The van der Waals surface area contributed by atoms with Gasteiger partial charge in [0.05, 0.1) is 39.3 Å². The Balaban J connectivity index is 1.37. The molecule has 0 amide bonds. The second-order valence-corrected chi connectivity index (χ2v) is 19.3. The van der Waals surface area contributed by atoms with Gasteiger partial charge in [0.25, 0.3) is 0 Å². The fourth-order valence-corrected chi connectivity index (χ4v) is 14.2. The number of likely N-dealkylation sites (tertiary alicyclic amines) is 1. The highest BCUT2D eigenvalue weighted by Gasteiger charge is 2.79. The third-order valence-corrected chi connectivity index (χ3v) is 16.6. The van der Waals surface area contributed by atoms with E-state index in [4.69, 9.17) is 18.6 Å². The average Bonchev–Trinajstić information content (AvgIpc) is 3.61. The van der Waals surface area contributed by atoms with Gasteiger partial charge in [-0.2, -0.15) is 0 Å². The van der Waals surface area contributed by atoms with Crippen molar-refractivity contribution in [3.63, 3.8) is 0 Å². The zero-order chi connectivity index (χ0) is 29.9. The molecule has 3 heterocycles. The largest absolute Gasteiger partial charge is 0.531 e. The molecule has 2 bridgehead atoms. The second-order valence-electron chi connectivity index (χ2n) is 15.1. The SMILES string of the molecule is CC(C)(C)[Si](Oc1ccc2c3c1OC1C4(CC[C@@]5(O)C(C2)[N+](C)(C)CCC315)OCCO4)(c1ccccc1)c1ccccc1. The molecule has 2 aliphatic carbocycles. The van der Waals surface area contributed by atoms with Gasteiger partial charge in [0.15, 0.2) is 11.9 Å². The molecule has 0 aromatic heterocycles. The second kappa shape index (κ2) is 8.95. The van der Waals surface area contributed by atoms with Crippen molar-refractivity contribution < 1.29 is 28.2 Å². The molecule has 3 fully saturated rings. The van der Waals surface area contributed by atoms with Gasteiger partial charge in [0.2, 0.25) is 5.79 Å². The van der Waals surface area contributed by atoms with E-state index in [0.717, 1.165) is 40.9 Å². The van der Waals surface area contributed by atoms with Gasteiger partial charge in [0.1, 0.15) is 17.4 Å². The normalized spacial score (nSPS) is 31.4. The molecular formula is C36H44NO5Si+. The molecule has 7 heteroatoms. The zero-order valence-corrected chi connectivity index (χ0v) is 27.1. The monoisotopic (exact) mass is 598 g/mol. The molecule has 4 atom stereocenters. The lowest BCUT2D eigenvalue weighted by Gasteiger charge is -2.65. The molecule has 1 N–H and O–H groups in total. The van der Waals surface area contributed by atoms with Crippen LogP contribution in [0.25, 0.3) is 0 Å². The summed E-state index contributed by atoms with van der Waals surface area (Å²) in [5.41, 5.74) is 0.878. The van der Waals surface area contributed by atoms with Gasteiger partial charge in [-0.3, -0.25) is 0 Å². The summed E-state index contributed by atoms with van der Waals surface area (Å²) >= 11 is 0. The summed E-state index contributed by atoms with van der Waals surface area (Å²) < 4.78 is 28.5. The Bertz CT molecular complexity index is 1520. The van der Waals surface area contributed by atoms with Crippen LogP contribution in [0.15, 0.2) is 72.8 Å². The number of quaternary nitrogens is 1. The van der Waals surface area contributed by atoms with Crippen LogP contribution in [0, 0.1) is 0 Å². The van der Waals surface area contributed by atoms with Gasteiger partial charge in [-0.05, 0) is 33.5 Å². The number of fused-ring (bicyclic) bond motifs is 1. The first-order valence-electron chi connectivity index (χ1n) is 15.9. The molecule has 3 aromatic rings. The Morgan fingerprint density at radius 1 is 0.860 bits per heavy atom. The first-order valence-corrected chi connectivity index (χ1v) is 17.9. The summed E-state index contributed by atoms with van der Waals surface area (Å²) in [7, 11) is 1.63. The molecule has 0 radical (unpaired) electrons. The minimum atomic E-state index is -2.92. The molecular weight excluding hydrogens is 554 g/mol. The van der Waals surface area contributed by atoms with E-state index >= 15 is 0 Å². The summed E-state index contributed by atoms with van der Waals surface area (Å²) in [5, 5.41) is 15.2. The van der Waals surface area contributed by atoms with Crippen LogP contribution in [0.4, 0.5) is 0 Å². The highest BCUT2D eigenvalue weighted by Crippen LogP contribution is 2.68. The van der Waals surface area contributed by atoms with Crippen LogP contribution in [0.3, 0.4) is 0 Å². The summed E-state index contributed by atoms with van der Waals surface area (Å²) in [4.78, 5) is 0. The predicted molar refractivity (Wildman–Crippen MR) is 169 cm³/mol. The van der Waals surface area contributed by atoms with Gasteiger partial charge < -0.3 is 28.2 Å². The van der Waals surface area contributed by atoms with Crippen molar-refractivity contribution in [2.75, 3.05) is 33.9 Å². The Morgan fingerprint density at radius 2 is 1.49 bits per heavy atom. The molecule has 6 nitrogen and oxygen atoms in total. The molecule has 226 valence electrons. The maximum Gasteiger partial charge on any atom is 0.320 e. The van der Waals surface area contributed by atoms with Crippen LogP contribution >= 0.6 is 0 Å². The standard InChI is InChI=1S/C36H44NO5Si/c1-33(2,3)43(26-12-8-6-9-13-26,27-14-10-7-11-15-27)42-28-17-16-25-24-29-35(38)18-19-36(39-22-23-40-36)32-34(35,20-21-37(29,4)5)30(25)31(28)41-32/h6-17,29,32,38H,18-24H2,1-5H3/q+1/t29?,32?,34?,35-/m1/s1. The Hall–Kier alpha value is -2.68. The molecule has 8 rings (SSSR count). The van der Waals surface area contributed by atoms with Gasteiger partial charge in [-0.15, -0.1) is 0 Å². The van der Waals surface area contributed by atoms with E-state index in [2.05, 4.69) is 108 Å². The van der Waals surface area contributed by atoms with Crippen LogP contribution in [0.2, 0.25) is 5.04 Å². The van der Waals surface area contributed by atoms with Crippen molar-refractivity contribution >= 4 is 18.7 Å². The molecule has 2 saturated heterocycles. The van der Waals surface area contributed by atoms with E-state index in [1.165, 1.54) is 15.9 Å². The minimum absolute atomic E-state index is 0.0769. The third-order valence-electron chi connectivity index (χ3n) is 11.7. The molecule has 3 aromatic carbocycles.